The summed E-state index contributed by atoms with van der Waals surface area (Å²) in [6.45, 7) is 1.56. The topological polar surface area (TPSA) is 98.2 Å². The number of anilines is 1. The molecule has 0 saturated heterocycles. The number of alkyl halides is 3. The molecule has 2 amide bonds. The number of aliphatic hydroxyl groups is 1. The summed E-state index contributed by atoms with van der Waals surface area (Å²) < 4.78 is 38.9. The minimum atomic E-state index is -5.11. The Morgan fingerprint density at radius 3 is 2.35 bits per heavy atom. The first-order valence-corrected chi connectivity index (χ1v) is 9.84. The molecular formula is C19H19Cl2F3N2O5. The second-order valence-corrected chi connectivity index (χ2v) is 7.79. The van der Waals surface area contributed by atoms with Crippen LogP contribution in [0.4, 0.5) is 18.9 Å². The second kappa shape index (κ2) is 9.35. The molecule has 0 saturated carbocycles. The van der Waals surface area contributed by atoms with E-state index in [-0.39, 0.29) is 10.0 Å². The maximum atomic E-state index is 13.2. The lowest BCUT2D eigenvalue weighted by Crippen LogP contribution is -2.43. The molecule has 2 rings (SSSR count). The van der Waals surface area contributed by atoms with E-state index in [1.807, 2.05) is 0 Å². The van der Waals surface area contributed by atoms with Crippen molar-refractivity contribution in [1.82, 2.24) is 4.90 Å². The van der Waals surface area contributed by atoms with Gasteiger partial charge in [0.2, 0.25) is 0 Å². The number of carboxylic acids is 1. The van der Waals surface area contributed by atoms with Gasteiger partial charge in [0, 0.05) is 18.3 Å². The average molecular weight is 483 g/mol. The van der Waals surface area contributed by atoms with Crippen LogP contribution < -0.4 is 4.90 Å². The number of carbonyl (C=O) groups excluding carboxylic acids is 2. The Labute approximate surface area is 185 Å². The molecule has 1 aliphatic heterocycles. The normalized spacial score (nSPS) is 16.5. The molecule has 2 atom stereocenters. The van der Waals surface area contributed by atoms with Crippen molar-refractivity contribution >= 4 is 46.7 Å². The molecule has 0 bridgehead atoms. The van der Waals surface area contributed by atoms with Gasteiger partial charge in [0.1, 0.15) is 0 Å². The molecule has 1 aliphatic rings. The first kappa shape index (κ1) is 24.8. The largest absolute Gasteiger partial charge is 0.503 e. The fourth-order valence-corrected chi connectivity index (χ4v) is 3.30. The summed E-state index contributed by atoms with van der Waals surface area (Å²) in [6, 6.07) is 3.91. The van der Waals surface area contributed by atoms with Crippen molar-refractivity contribution in [1.29, 1.82) is 0 Å². The summed E-state index contributed by atoms with van der Waals surface area (Å²) >= 11 is 11.9. The molecule has 2 unspecified atom stereocenters. The number of benzene rings is 1. The predicted octanol–water partition coefficient (Wildman–Crippen LogP) is 4.04. The highest BCUT2D eigenvalue weighted by Crippen LogP contribution is 2.33. The van der Waals surface area contributed by atoms with Crippen molar-refractivity contribution in [2.75, 3.05) is 18.0 Å². The van der Waals surface area contributed by atoms with E-state index in [4.69, 9.17) is 28.3 Å². The molecule has 1 aromatic carbocycles. The first-order valence-electron chi connectivity index (χ1n) is 9.09. The van der Waals surface area contributed by atoms with E-state index in [2.05, 4.69) is 0 Å². The van der Waals surface area contributed by atoms with Gasteiger partial charge in [-0.15, -0.1) is 0 Å². The van der Waals surface area contributed by atoms with E-state index < -0.39 is 60.3 Å². The predicted molar refractivity (Wildman–Crippen MR) is 107 cm³/mol. The van der Waals surface area contributed by atoms with Gasteiger partial charge in [-0.25, -0.2) is 0 Å². The van der Waals surface area contributed by atoms with Crippen LogP contribution in [0.5, 0.6) is 0 Å². The Morgan fingerprint density at radius 2 is 1.87 bits per heavy atom. The minimum absolute atomic E-state index is 0.150. The maximum Gasteiger partial charge on any atom is 0.403 e. The van der Waals surface area contributed by atoms with Crippen LogP contribution in [0.25, 0.3) is 0 Å². The van der Waals surface area contributed by atoms with Gasteiger partial charge in [-0.2, -0.15) is 13.2 Å². The van der Waals surface area contributed by atoms with Crippen LogP contribution in [0.15, 0.2) is 29.5 Å². The molecule has 12 heteroatoms. The first-order chi connectivity index (χ1) is 14.3. The Balaban J connectivity index is 2.36. The quantitative estimate of drug-likeness (QED) is 0.610. The lowest BCUT2D eigenvalue weighted by atomic mass is 10.1. The standard InChI is InChI=1S/C19H19Cl2F3N2O5/c1-3-9(2)26(10-4-5-13(20)14(21)6-10)16(28)11-7-25(17(29)15(11)27)8-12(18(30)31)19(22,23)24/h4-6,9,12,27H,3,7-8H2,1-2H3,(H,30,31). The van der Waals surface area contributed by atoms with Crippen LogP contribution >= 0.6 is 23.2 Å². The number of hydrogen-bond acceptors (Lipinski definition) is 4. The summed E-state index contributed by atoms with van der Waals surface area (Å²) in [5.41, 5.74) is -0.138. The van der Waals surface area contributed by atoms with Crippen LogP contribution in [0, 0.1) is 5.92 Å². The molecule has 1 aromatic rings. The minimum Gasteiger partial charge on any atom is -0.503 e. The van der Waals surface area contributed by atoms with E-state index in [0.717, 1.165) is 0 Å². The van der Waals surface area contributed by atoms with Gasteiger partial charge in [-0.3, -0.25) is 14.4 Å². The molecule has 7 nitrogen and oxygen atoms in total. The molecule has 31 heavy (non-hydrogen) atoms. The summed E-state index contributed by atoms with van der Waals surface area (Å²) in [5, 5.41) is 19.4. The Kier molecular flexibility index (Phi) is 7.48. The number of amides is 2. The van der Waals surface area contributed by atoms with Gasteiger partial charge in [-0.1, -0.05) is 30.1 Å². The van der Waals surface area contributed by atoms with E-state index in [0.29, 0.717) is 17.0 Å². The van der Waals surface area contributed by atoms with Crippen LogP contribution in [0.2, 0.25) is 10.0 Å². The number of nitrogens with zero attached hydrogens (tertiary/aromatic N) is 2. The molecule has 2 N–H and O–H groups in total. The number of aliphatic hydroxyl groups excluding tert-OH is 1. The fraction of sp³-hybridized carbons (Fsp3) is 0.421. The van der Waals surface area contributed by atoms with Crippen molar-refractivity contribution in [3.8, 4) is 0 Å². The van der Waals surface area contributed by atoms with Crippen LogP contribution in [-0.2, 0) is 14.4 Å². The Bertz CT molecular complexity index is 936. The molecule has 0 aromatic heterocycles. The summed E-state index contributed by atoms with van der Waals surface area (Å²) in [6.07, 6.45) is -4.65. The molecule has 0 aliphatic carbocycles. The lowest BCUT2D eigenvalue weighted by molar-refractivity contribution is -0.196. The highest BCUT2D eigenvalue weighted by atomic mass is 35.5. The van der Waals surface area contributed by atoms with Crippen molar-refractivity contribution in [2.45, 2.75) is 32.5 Å². The number of hydrogen-bond donors (Lipinski definition) is 2. The van der Waals surface area contributed by atoms with Gasteiger partial charge in [0.25, 0.3) is 11.8 Å². The molecular weight excluding hydrogens is 464 g/mol. The van der Waals surface area contributed by atoms with E-state index in [1.165, 1.54) is 23.1 Å². The number of halogens is 5. The van der Waals surface area contributed by atoms with Gasteiger partial charge in [0.05, 0.1) is 22.2 Å². The summed E-state index contributed by atoms with van der Waals surface area (Å²) in [5.74, 6) is -8.13. The van der Waals surface area contributed by atoms with Gasteiger partial charge in [0.15, 0.2) is 11.7 Å². The zero-order chi connectivity index (χ0) is 23.7. The zero-order valence-electron chi connectivity index (χ0n) is 16.4. The summed E-state index contributed by atoms with van der Waals surface area (Å²) in [4.78, 5) is 38.1. The van der Waals surface area contributed by atoms with Gasteiger partial charge >= 0.3 is 12.1 Å². The lowest BCUT2D eigenvalue weighted by Gasteiger charge is -2.30. The Hall–Kier alpha value is -2.46. The maximum absolute atomic E-state index is 13.2. The molecule has 1 heterocycles. The van der Waals surface area contributed by atoms with Crippen molar-refractivity contribution in [3.05, 3.63) is 39.6 Å². The third-order valence-electron chi connectivity index (χ3n) is 4.91. The van der Waals surface area contributed by atoms with Crippen LogP contribution in [0.1, 0.15) is 20.3 Å². The zero-order valence-corrected chi connectivity index (χ0v) is 17.9. The third kappa shape index (κ3) is 5.24. The van der Waals surface area contributed by atoms with Gasteiger partial charge in [-0.05, 0) is 31.5 Å². The van der Waals surface area contributed by atoms with Crippen LogP contribution in [0.3, 0.4) is 0 Å². The Morgan fingerprint density at radius 1 is 1.26 bits per heavy atom. The van der Waals surface area contributed by atoms with Crippen LogP contribution in [-0.4, -0.2) is 58.2 Å². The smallest absolute Gasteiger partial charge is 0.403 e. The number of aliphatic carboxylic acids is 1. The van der Waals surface area contributed by atoms with E-state index >= 15 is 0 Å². The average Bonchev–Trinajstić information content (AvgIpc) is 2.95. The third-order valence-corrected chi connectivity index (χ3v) is 5.65. The molecule has 0 spiro atoms. The summed E-state index contributed by atoms with van der Waals surface area (Å²) in [7, 11) is 0. The molecule has 170 valence electrons. The van der Waals surface area contributed by atoms with Gasteiger partial charge < -0.3 is 20.0 Å². The molecule has 0 fully saturated rings. The second-order valence-electron chi connectivity index (χ2n) is 6.98. The van der Waals surface area contributed by atoms with E-state index in [9.17, 15) is 32.7 Å². The number of carboxylic acid groups (broad SMARTS) is 1. The number of carbonyl (C=O) groups is 3. The van der Waals surface area contributed by atoms with E-state index in [1.54, 1.807) is 13.8 Å². The number of rotatable bonds is 7. The fourth-order valence-electron chi connectivity index (χ4n) is 3.01. The highest BCUT2D eigenvalue weighted by Gasteiger charge is 2.48. The SMILES string of the molecule is CCC(C)N(C(=O)C1=C(O)C(=O)N(CC(C(=O)O)C(F)(F)F)C1)c1ccc(Cl)c(Cl)c1. The van der Waals surface area contributed by atoms with Crippen molar-refractivity contribution in [2.24, 2.45) is 5.92 Å². The molecule has 0 radical (unpaired) electrons. The van der Waals surface area contributed by atoms with Crippen molar-refractivity contribution < 1.29 is 37.8 Å². The highest BCUT2D eigenvalue weighted by molar-refractivity contribution is 6.42. The monoisotopic (exact) mass is 482 g/mol. The van der Waals surface area contributed by atoms with Crippen molar-refractivity contribution in [3.63, 3.8) is 0 Å².